The van der Waals surface area contributed by atoms with Crippen LogP contribution in [-0.2, 0) is 4.79 Å². The van der Waals surface area contributed by atoms with E-state index in [1.807, 2.05) is 20.8 Å². The Morgan fingerprint density at radius 1 is 1.42 bits per heavy atom. The highest BCUT2D eigenvalue weighted by Gasteiger charge is 2.34. The van der Waals surface area contributed by atoms with Gasteiger partial charge in [-0.15, -0.1) is 0 Å². The Labute approximate surface area is 71.8 Å². The number of aliphatic hydroxyl groups is 1. The third-order valence-electron chi connectivity index (χ3n) is 1.76. The van der Waals surface area contributed by atoms with Crippen molar-refractivity contribution >= 4 is 5.91 Å². The van der Waals surface area contributed by atoms with E-state index in [9.17, 15) is 9.90 Å². The fraction of sp³-hybridized carbons (Fsp3) is 0.444. The molecule has 1 rings (SSSR count). The van der Waals surface area contributed by atoms with Crippen molar-refractivity contribution in [1.29, 1.82) is 0 Å². The minimum Gasteiger partial charge on any atom is -0.505 e. The Morgan fingerprint density at radius 3 is 2.08 bits per heavy atom. The van der Waals surface area contributed by atoms with E-state index in [1.165, 1.54) is 0 Å². The van der Waals surface area contributed by atoms with E-state index in [2.05, 4.69) is 11.9 Å². The number of hydrogen-bond acceptors (Lipinski definition) is 2. The number of nitrogens with one attached hydrogen (secondary N) is 1. The minimum absolute atomic E-state index is 0.00694. The van der Waals surface area contributed by atoms with E-state index in [1.54, 1.807) is 0 Å². The molecule has 0 unspecified atom stereocenters. The molecule has 0 aliphatic carbocycles. The maximum atomic E-state index is 11.3. The fourth-order valence-corrected chi connectivity index (χ4v) is 1.21. The van der Waals surface area contributed by atoms with Crippen LogP contribution in [0, 0.1) is 5.41 Å². The van der Waals surface area contributed by atoms with Crippen LogP contribution >= 0.6 is 0 Å². The largest absolute Gasteiger partial charge is 0.505 e. The van der Waals surface area contributed by atoms with Crippen LogP contribution in [0.15, 0.2) is 23.6 Å². The maximum absolute atomic E-state index is 11.3. The zero-order valence-corrected chi connectivity index (χ0v) is 7.56. The highest BCUT2D eigenvalue weighted by atomic mass is 16.3. The average molecular weight is 167 g/mol. The summed E-state index contributed by atoms with van der Waals surface area (Å²) in [6, 6.07) is 0. The lowest BCUT2D eigenvalue weighted by atomic mass is 9.86. The van der Waals surface area contributed by atoms with Crippen LogP contribution in [0.1, 0.15) is 20.8 Å². The third kappa shape index (κ3) is 1.22. The summed E-state index contributed by atoms with van der Waals surface area (Å²) in [5.41, 5.74) is 0.366. The average Bonchev–Trinajstić information content (AvgIpc) is 2.05. The number of carbonyl (C=O) groups excluding carboxylic acids is 1. The van der Waals surface area contributed by atoms with E-state index in [0.717, 1.165) is 0 Å². The summed E-state index contributed by atoms with van der Waals surface area (Å²) in [4.78, 5) is 11.3. The molecular weight excluding hydrogens is 154 g/mol. The van der Waals surface area contributed by atoms with E-state index >= 15 is 0 Å². The number of rotatable bonds is 0. The Bertz CT molecular complexity index is 281. The molecule has 0 saturated heterocycles. The van der Waals surface area contributed by atoms with Gasteiger partial charge in [-0.25, -0.2) is 0 Å². The normalized spacial score (nSPS) is 18.6. The van der Waals surface area contributed by atoms with Crippen LogP contribution in [0.5, 0.6) is 0 Å². The van der Waals surface area contributed by atoms with E-state index in [0.29, 0.717) is 11.3 Å². The van der Waals surface area contributed by atoms with Gasteiger partial charge in [0.25, 0.3) is 5.91 Å². The first kappa shape index (κ1) is 8.84. The molecule has 0 saturated carbocycles. The predicted octanol–water partition coefficient (Wildman–Crippen LogP) is 1.49. The zero-order valence-electron chi connectivity index (χ0n) is 7.56. The second kappa shape index (κ2) is 2.37. The molecule has 2 N–H and O–H groups in total. The smallest absolute Gasteiger partial charge is 0.256 e. The number of carbonyl (C=O) groups is 1. The maximum Gasteiger partial charge on any atom is 0.256 e. The summed E-state index contributed by atoms with van der Waals surface area (Å²) in [6.45, 7) is 9.12. The van der Waals surface area contributed by atoms with Crippen molar-refractivity contribution in [2.24, 2.45) is 5.41 Å². The third-order valence-corrected chi connectivity index (χ3v) is 1.76. The van der Waals surface area contributed by atoms with Crippen molar-refractivity contribution < 1.29 is 9.90 Å². The van der Waals surface area contributed by atoms with Gasteiger partial charge in [0.15, 0.2) is 0 Å². The molecule has 3 heteroatoms. The molecule has 0 radical (unpaired) electrons. The highest BCUT2D eigenvalue weighted by Crippen LogP contribution is 2.32. The van der Waals surface area contributed by atoms with Gasteiger partial charge < -0.3 is 10.4 Å². The summed E-state index contributed by atoms with van der Waals surface area (Å²) in [7, 11) is 0. The second-order valence-electron chi connectivity index (χ2n) is 3.91. The van der Waals surface area contributed by atoms with Gasteiger partial charge in [-0.2, -0.15) is 0 Å². The first-order valence-electron chi connectivity index (χ1n) is 3.78. The van der Waals surface area contributed by atoms with Crippen molar-refractivity contribution in [2.75, 3.05) is 0 Å². The number of aliphatic hydroxyl groups excluding tert-OH is 1. The second-order valence-corrected chi connectivity index (χ2v) is 3.91. The first-order valence-corrected chi connectivity index (χ1v) is 3.78. The van der Waals surface area contributed by atoms with E-state index < -0.39 is 0 Å². The minimum atomic E-state index is -0.340. The van der Waals surface area contributed by atoms with Gasteiger partial charge >= 0.3 is 0 Å². The molecule has 1 heterocycles. The van der Waals surface area contributed by atoms with Crippen LogP contribution in [0.3, 0.4) is 0 Å². The highest BCUT2D eigenvalue weighted by molar-refractivity contribution is 6.00. The molecule has 0 bridgehead atoms. The quantitative estimate of drug-likeness (QED) is 0.574. The molecule has 0 aromatic heterocycles. The Balaban J connectivity index is 3.18. The van der Waals surface area contributed by atoms with Gasteiger partial charge in [-0.1, -0.05) is 27.4 Å². The number of amides is 1. The van der Waals surface area contributed by atoms with Crippen LogP contribution in [0.2, 0.25) is 0 Å². The SMILES string of the molecule is C=C1NC(=O)C(C(C)(C)C)=C1O. The van der Waals surface area contributed by atoms with Crippen LogP contribution < -0.4 is 5.32 Å². The van der Waals surface area contributed by atoms with Gasteiger partial charge in [0.2, 0.25) is 0 Å². The lowest BCUT2D eigenvalue weighted by Gasteiger charge is -2.17. The Kier molecular flexibility index (Phi) is 1.75. The number of hydrogen-bond donors (Lipinski definition) is 2. The van der Waals surface area contributed by atoms with Crippen molar-refractivity contribution in [1.82, 2.24) is 5.32 Å². The van der Waals surface area contributed by atoms with Crippen LogP contribution in [-0.4, -0.2) is 11.0 Å². The summed E-state index contributed by atoms with van der Waals surface area (Å²) in [5.74, 6) is -0.252. The standard InChI is InChI=1S/C9H13NO2/c1-5-7(11)6(8(12)10-5)9(2,3)4/h11H,1H2,2-4H3,(H,10,12). The predicted molar refractivity (Wildman–Crippen MR) is 46.4 cm³/mol. The Morgan fingerprint density at radius 2 is 1.92 bits per heavy atom. The Hall–Kier alpha value is -1.25. The summed E-state index contributed by atoms with van der Waals surface area (Å²) >= 11 is 0. The monoisotopic (exact) mass is 167 g/mol. The molecule has 66 valence electrons. The molecule has 0 fully saturated rings. The molecule has 1 aliphatic rings. The summed E-state index contributed by atoms with van der Waals surface area (Å²) in [6.07, 6.45) is 0. The molecule has 1 amide bonds. The van der Waals surface area contributed by atoms with Crippen LogP contribution in [0.25, 0.3) is 0 Å². The van der Waals surface area contributed by atoms with Gasteiger partial charge in [-0.05, 0) is 5.41 Å². The van der Waals surface area contributed by atoms with Gasteiger partial charge in [0.1, 0.15) is 5.76 Å². The molecule has 3 nitrogen and oxygen atoms in total. The lowest BCUT2D eigenvalue weighted by molar-refractivity contribution is -0.117. The fourth-order valence-electron chi connectivity index (χ4n) is 1.21. The van der Waals surface area contributed by atoms with Gasteiger partial charge in [-0.3, -0.25) is 4.79 Å². The van der Waals surface area contributed by atoms with Crippen molar-refractivity contribution in [3.63, 3.8) is 0 Å². The zero-order chi connectivity index (χ0) is 9.52. The first-order chi connectivity index (χ1) is 5.34. The lowest BCUT2D eigenvalue weighted by Crippen LogP contribution is -2.22. The molecule has 1 aliphatic heterocycles. The van der Waals surface area contributed by atoms with Gasteiger partial charge in [0.05, 0.1) is 11.3 Å². The van der Waals surface area contributed by atoms with Crippen LogP contribution in [0.4, 0.5) is 0 Å². The molecule has 0 aromatic rings. The molecule has 0 atom stereocenters. The summed E-state index contributed by atoms with van der Waals surface area (Å²) < 4.78 is 0. The summed E-state index contributed by atoms with van der Waals surface area (Å²) in [5, 5.41) is 11.9. The topological polar surface area (TPSA) is 49.3 Å². The molecule has 0 aromatic carbocycles. The van der Waals surface area contributed by atoms with E-state index in [-0.39, 0.29) is 17.1 Å². The van der Waals surface area contributed by atoms with Crippen molar-refractivity contribution in [2.45, 2.75) is 20.8 Å². The van der Waals surface area contributed by atoms with Crippen molar-refractivity contribution in [3.8, 4) is 0 Å². The molecule has 0 spiro atoms. The van der Waals surface area contributed by atoms with Crippen molar-refractivity contribution in [3.05, 3.63) is 23.6 Å². The van der Waals surface area contributed by atoms with Gasteiger partial charge in [0, 0.05) is 0 Å². The molecule has 12 heavy (non-hydrogen) atoms. The molecular formula is C9H13NO2. The van der Waals surface area contributed by atoms with E-state index in [4.69, 9.17) is 0 Å².